The normalized spacial score (nSPS) is 15.0. The quantitative estimate of drug-likeness (QED) is 0.547. The summed E-state index contributed by atoms with van der Waals surface area (Å²) < 4.78 is 7.48. The van der Waals surface area contributed by atoms with E-state index in [2.05, 4.69) is 11.9 Å². The molecule has 0 spiro atoms. The zero-order valence-electron chi connectivity index (χ0n) is 16.9. The Balaban J connectivity index is 0.000000343. The molecule has 8 nitrogen and oxygen atoms in total. The fourth-order valence-corrected chi connectivity index (χ4v) is 3.34. The molecule has 2 N–H and O–H groups in total. The molecule has 0 atom stereocenters. The predicted molar refractivity (Wildman–Crippen MR) is 113 cm³/mol. The van der Waals surface area contributed by atoms with Crippen LogP contribution in [0, 0.1) is 5.92 Å². The summed E-state index contributed by atoms with van der Waals surface area (Å²) in [5, 5.41) is 17.1. The van der Waals surface area contributed by atoms with Crippen molar-refractivity contribution in [1.29, 1.82) is 0 Å². The second-order valence-corrected chi connectivity index (χ2v) is 7.61. The largest absolute Gasteiger partial charge is 0.478 e. The van der Waals surface area contributed by atoms with Gasteiger partial charge in [0.1, 0.15) is 0 Å². The number of halogens is 1. The highest BCUT2D eigenvalue weighted by Gasteiger charge is 2.20. The summed E-state index contributed by atoms with van der Waals surface area (Å²) in [5.74, 6) is -2.30. The van der Waals surface area contributed by atoms with Crippen molar-refractivity contribution in [1.82, 2.24) is 9.47 Å². The molecule has 0 saturated carbocycles. The standard InChI is InChI=1S/C17H21ClN2O2.C4H4O4/c1-19-7-5-12(6-8-19)11-22-17(21)15-10-20(2)16-4-3-13(18)9-14(15)16;5-3(6)1-2-4(7)8/h3-4,9-10,12H,5-8,11H2,1-2H3;1-2H,(H,5,6)(H,7,8)/b;2-1-. The van der Waals surface area contributed by atoms with E-state index < -0.39 is 11.9 Å². The summed E-state index contributed by atoms with van der Waals surface area (Å²) in [6.45, 7) is 2.65. The molecule has 0 aliphatic carbocycles. The zero-order valence-corrected chi connectivity index (χ0v) is 17.6. The molecule has 0 amide bonds. The smallest absolute Gasteiger partial charge is 0.340 e. The SMILES string of the molecule is CN1CCC(COC(=O)c2cn(C)c3ccc(Cl)cc23)CC1.O=C(O)/C=C\C(=O)O. The first-order valence-electron chi connectivity index (χ1n) is 9.41. The van der Waals surface area contributed by atoms with Crippen LogP contribution in [0.5, 0.6) is 0 Å². The summed E-state index contributed by atoms with van der Waals surface area (Å²) in [5.41, 5.74) is 1.57. The predicted octanol–water partition coefficient (Wildman–Crippen LogP) is 3.04. The van der Waals surface area contributed by atoms with Crippen LogP contribution in [0.1, 0.15) is 23.2 Å². The summed E-state index contributed by atoms with van der Waals surface area (Å²) in [6.07, 6.45) is 5.11. The summed E-state index contributed by atoms with van der Waals surface area (Å²) in [6, 6.07) is 5.58. The molecule has 1 fully saturated rings. The minimum Gasteiger partial charge on any atom is -0.478 e. The minimum absolute atomic E-state index is 0.258. The van der Waals surface area contributed by atoms with Crippen LogP contribution in [-0.4, -0.2) is 64.3 Å². The number of carboxylic acids is 2. The van der Waals surface area contributed by atoms with Crippen LogP contribution in [0.25, 0.3) is 10.9 Å². The number of esters is 1. The third kappa shape index (κ3) is 6.89. The molecule has 1 aliphatic heterocycles. The van der Waals surface area contributed by atoms with Gasteiger partial charge < -0.3 is 24.4 Å². The molecule has 1 saturated heterocycles. The number of fused-ring (bicyclic) bond motifs is 1. The number of ether oxygens (including phenoxy) is 1. The molecule has 1 aromatic heterocycles. The van der Waals surface area contributed by atoms with E-state index in [0.717, 1.165) is 36.8 Å². The number of piperidine rings is 1. The van der Waals surface area contributed by atoms with Crippen LogP contribution >= 0.6 is 11.6 Å². The maximum atomic E-state index is 12.4. The lowest BCUT2D eigenvalue weighted by Crippen LogP contribution is -2.32. The van der Waals surface area contributed by atoms with E-state index in [4.69, 9.17) is 26.6 Å². The Morgan fingerprint density at radius 3 is 2.30 bits per heavy atom. The van der Waals surface area contributed by atoms with Gasteiger partial charge in [-0.3, -0.25) is 0 Å². The third-order valence-corrected chi connectivity index (χ3v) is 5.06. The van der Waals surface area contributed by atoms with Gasteiger partial charge in [0.25, 0.3) is 0 Å². The molecule has 0 radical (unpaired) electrons. The van der Waals surface area contributed by atoms with Gasteiger partial charge in [-0.1, -0.05) is 11.6 Å². The van der Waals surface area contributed by atoms with Crippen LogP contribution in [0.4, 0.5) is 0 Å². The number of rotatable bonds is 5. The van der Waals surface area contributed by atoms with Gasteiger partial charge in [0.15, 0.2) is 0 Å². The number of hydrogen-bond acceptors (Lipinski definition) is 5. The lowest BCUT2D eigenvalue weighted by atomic mass is 9.98. The van der Waals surface area contributed by atoms with E-state index in [1.165, 1.54) is 0 Å². The Morgan fingerprint density at radius 1 is 1.13 bits per heavy atom. The van der Waals surface area contributed by atoms with Crippen LogP contribution in [-0.2, 0) is 21.4 Å². The molecule has 162 valence electrons. The molecule has 2 heterocycles. The maximum absolute atomic E-state index is 12.4. The first-order chi connectivity index (χ1) is 14.2. The molecule has 1 aliphatic rings. The van der Waals surface area contributed by atoms with Gasteiger partial charge in [-0.15, -0.1) is 0 Å². The van der Waals surface area contributed by atoms with Gasteiger partial charge in [-0.05, 0) is 57.1 Å². The molecular weight excluding hydrogens is 412 g/mol. The molecule has 2 aromatic rings. The molecular formula is C21H25ClN2O6. The Hall–Kier alpha value is -2.84. The number of hydrogen-bond donors (Lipinski definition) is 2. The number of aliphatic carboxylic acids is 2. The number of aromatic nitrogens is 1. The highest BCUT2D eigenvalue weighted by molar-refractivity contribution is 6.31. The second kappa shape index (κ2) is 10.8. The lowest BCUT2D eigenvalue weighted by molar-refractivity contribution is -0.134. The van der Waals surface area contributed by atoms with Crippen molar-refractivity contribution >= 4 is 40.4 Å². The molecule has 0 bridgehead atoms. The van der Waals surface area contributed by atoms with E-state index in [9.17, 15) is 14.4 Å². The fourth-order valence-electron chi connectivity index (χ4n) is 3.17. The summed E-state index contributed by atoms with van der Waals surface area (Å²) in [4.78, 5) is 33.8. The van der Waals surface area contributed by atoms with E-state index in [1.54, 1.807) is 0 Å². The number of aryl methyl sites for hydroxylation is 1. The molecule has 0 unspecified atom stereocenters. The highest BCUT2D eigenvalue weighted by atomic mass is 35.5. The van der Waals surface area contributed by atoms with Crippen molar-refractivity contribution in [2.45, 2.75) is 12.8 Å². The average Bonchev–Trinajstić information content (AvgIpc) is 3.02. The highest BCUT2D eigenvalue weighted by Crippen LogP contribution is 2.25. The number of carbonyl (C=O) groups is 3. The van der Waals surface area contributed by atoms with Crippen LogP contribution < -0.4 is 0 Å². The van der Waals surface area contributed by atoms with E-state index in [0.29, 0.717) is 35.3 Å². The molecule has 3 rings (SSSR count). The topological polar surface area (TPSA) is 109 Å². The monoisotopic (exact) mass is 436 g/mol. The van der Waals surface area contributed by atoms with Crippen LogP contribution in [0.3, 0.4) is 0 Å². The van der Waals surface area contributed by atoms with Gasteiger partial charge in [-0.25, -0.2) is 14.4 Å². The average molecular weight is 437 g/mol. The van der Waals surface area contributed by atoms with Gasteiger partial charge in [0, 0.05) is 41.3 Å². The van der Waals surface area contributed by atoms with Crippen LogP contribution in [0.15, 0.2) is 36.5 Å². The first kappa shape index (κ1) is 23.4. The van der Waals surface area contributed by atoms with Crippen molar-refractivity contribution in [2.24, 2.45) is 13.0 Å². The Morgan fingerprint density at radius 2 is 1.73 bits per heavy atom. The zero-order chi connectivity index (χ0) is 22.3. The van der Waals surface area contributed by atoms with Crippen molar-refractivity contribution < 1.29 is 29.3 Å². The number of likely N-dealkylation sites (tertiary alicyclic amines) is 1. The fraction of sp³-hybridized carbons (Fsp3) is 0.381. The number of benzene rings is 1. The van der Waals surface area contributed by atoms with Gasteiger partial charge in [-0.2, -0.15) is 0 Å². The Labute approximate surface area is 179 Å². The number of carbonyl (C=O) groups excluding carboxylic acids is 1. The van der Waals surface area contributed by atoms with Crippen molar-refractivity contribution in [3.05, 3.63) is 47.1 Å². The van der Waals surface area contributed by atoms with Gasteiger partial charge in [0.05, 0.1) is 12.2 Å². The third-order valence-electron chi connectivity index (χ3n) is 4.83. The van der Waals surface area contributed by atoms with Crippen LogP contribution in [0.2, 0.25) is 5.02 Å². The van der Waals surface area contributed by atoms with Gasteiger partial charge in [0.2, 0.25) is 0 Å². The van der Waals surface area contributed by atoms with Crippen molar-refractivity contribution in [3.8, 4) is 0 Å². The van der Waals surface area contributed by atoms with Crippen molar-refractivity contribution in [2.75, 3.05) is 26.7 Å². The number of nitrogens with zero attached hydrogens (tertiary/aromatic N) is 2. The minimum atomic E-state index is -1.26. The summed E-state index contributed by atoms with van der Waals surface area (Å²) in [7, 11) is 4.05. The molecule has 1 aromatic carbocycles. The molecule has 30 heavy (non-hydrogen) atoms. The summed E-state index contributed by atoms with van der Waals surface area (Å²) >= 11 is 6.05. The number of carboxylic acid groups (broad SMARTS) is 2. The van der Waals surface area contributed by atoms with Crippen molar-refractivity contribution in [3.63, 3.8) is 0 Å². The molecule has 9 heteroatoms. The Bertz CT molecular complexity index is 928. The van der Waals surface area contributed by atoms with E-state index >= 15 is 0 Å². The first-order valence-corrected chi connectivity index (χ1v) is 9.79. The van der Waals surface area contributed by atoms with E-state index in [-0.39, 0.29) is 5.97 Å². The Kier molecular flexibility index (Phi) is 8.44. The van der Waals surface area contributed by atoms with Gasteiger partial charge >= 0.3 is 17.9 Å². The second-order valence-electron chi connectivity index (χ2n) is 7.17. The lowest BCUT2D eigenvalue weighted by Gasteiger charge is -2.28. The van der Waals surface area contributed by atoms with E-state index in [1.807, 2.05) is 36.0 Å². The maximum Gasteiger partial charge on any atom is 0.340 e.